The first-order valence-corrected chi connectivity index (χ1v) is 7.86. The molecule has 21 heavy (non-hydrogen) atoms. The molecule has 1 aromatic heterocycles. The molecule has 0 saturated carbocycles. The second kappa shape index (κ2) is 5.18. The summed E-state index contributed by atoms with van der Waals surface area (Å²) in [6.45, 7) is 8.63. The van der Waals surface area contributed by atoms with Gasteiger partial charge in [-0.3, -0.25) is 0 Å². The number of hydrogen-bond donors (Lipinski definition) is 0. The van der Waals surface area contributed by atoms with Gasteiger partial charge in [0.05, 0.1) is 5.56 Å². The van der Waals surface area contributed by atoms with E-state index in [2.05, 4.69) is 43.9 Å². The number of pyridine rings is 1. The molecule has 3 rings (SSSR count). The number of nitrogens with zero attached hydrogens (tertiary/aromatic N) is 3. The van der Waals surface area contributed by atoms with Crippen LogP contribution < -0.4 is 4.90 Å². The molecule has 0 bridgehead atoms. The Morgan fingerprint density at radius 1 is 1.24 bits per heavy atom. The third-order valence-corrected chi connectivity index (χ3v) is 4.62. The van der Waals surface area contributed by atoms with Gasteiger partial charge in [-0.15, -0.1) is 0 Å². The van der Waals surface area contributed by atoms with Crippen LogP contribution in [0.5, 0.6) is 0 Å². The van der Waals surface area contributed by atoms with Crippen LogP contribution in [0.4, 0.5) is 5.82 Å². The zero-order valence-electron chi connectivity index (χ0n) is 13.2. The lowest BCUT2D eigenvalue weighted by Gasteiger charge is -2.33. The molecule has 0 amide bonds. The van der Waals surface area contributed by atoms with Gasteiger partial charge in [0.2, 0.25) is 0 Å². The smallest absolute Gasteiger partial charge is 0.147 e. The first-order valence-electron chi connectivity index (χ1n) is 7.86. The third kappa shape index (κ3) is 2.68. The van der Waals surface area contributed by atoms with E-state index in [1.165, 1.54) is 23.3 Å². The first kappa shape index (κ1) is 14.1. The lowest BCUT2D eigenvalue weighted by atomic mass is 9.83. The molecule has 0 atom stereocenters. The SMILES string of the molecule is CC(C)(C)C1=CCN(c2nc3c(cc2C#N)CCC3)CC1. The molecule has 110 valence electrons. The van der Waals surface area contributed by atoms with Crippen LogP contribution in [-0.2, 0) is 12.8 Å². The molecule has 3 nitrogen and oxygen atoms in total. The maximum atomic E-state index is 9.43. The molecular weight excluding hydrogens is 258 g/mol. The molecule has 1 aromatic rings. The van der Waals surface area contributed by atoms with E-state index in [0.29, 0.717) is 0 Å². The molecule has 0 saturated heterocycles. The fraction of sp³-hybridized carbons (Fsp3) is 0.556. The van der Waals surface area contributed by atoms with Gasteiger partial charge in [0, 0.05) is 18.8 Å². The van der Waals surface area contributed by atoms with Crippen molar-refractivity contribution >= 4 is 5.82 Å². The number of nitriles is 1. The monoisotopic (exact) mass is 281 g/mol. The van der Waals surface area contributed by atoms with Crippen LogP contribution in [0, 0.1) is 16.7 Å². The van der Waals surface area contributed by atoms with Gasteiger partial charge in [-0.1, -0.05) is 32.4 Å². The topological polar surface area (TPSA) is 39.9 Å². The normalized spacial score (nSPS) is 18.2. The molecule has 2 aliphatic rings. The van der Waals surface area contributed by atoms with Gasteiger partial charge in [-0.2, -0.15) is 5.26 Å². The molecule has 0 unspecified atom stereocenters. The van der Waals surface area contributed by atoms with Gasteiger partial charge >= 0.3 is 0 Å². The van der Waals surface area contributed by atoms with Crippen molar-refractivity contribution in [2.45, 2.75) is 46.5 Å². The maximum absolute atomic E-state index is 9.43. The zero-order chi connectivity index (χ0) is 15.0. The Hall–Kier alpha value is -1.82. The summed E-state index contributed by atoms with van der Waals surface area (Å²) in [5.41, 5.74) is 4.98. The summed E-state index contributed by atoms with van der Waals surface area (Å²) >= 11 is 0. The number of rotatable bonds is 1. The van der Waals surface area contributed by atoms with Crippen LogP contribution in [0.3, 0.4) is 0 Å². The summed E-state index contributed by atoms with van der Waals surface area (Å²) in [7, 11) is 0. The van der Waals surface area contributed by atoms with Gasteiger partial charge in [-0.05, 0) is 42.7 Å². The molecule has 0 N–H and O–H groups in total. The van der Waals surface area contributed by atoms with Crippen LogP contribution >= 0.6 is 0 Å². The summed E-state index contributed by atoms with van der Waals surface area (Å²) in [5.74, 6) is 0.891. The molecular formula is C18H23N3. The Kier molecular flexibility index (Phi) is 3.49. The van der Waals surface area contributed by atoms with Crippen molar-refractivity contribution in [2.75, 3.05) is 18.0 Å². The van der Waals surface area contributed by atoms with E-state index >= 15 is 0 Å². The second-order valence-corrected chi connectivity index (χ2v) is 7.11. The summed E-state index contributed by atoms with van der Waals surface area (Å²) in [6.07, 6.45) is 6.69. The fourth-order valence-electron chi connectivity index (χ4n) is 3.33. The number of hydrogen-bond acceptors (Lipinski definition) is 3. The number of anilines is 1. The van der Waals surface area contributed by atoms with E-state index in [9.17, 15) is 5.26 Å². The highest BCUT2D eigenvalue weighted by Gasteiger charge is 2.24. The first-order chi connectivity index (χ1) is 9.99. The van der Waals surface area contributed by atoms with Crippen molar-refractivity contribution in [3.8, 4) is 6.07 Å². The molecule has 0 radical (unpaired) electrons. The number of fused-ring (bicyclic) bond motifs is 1. The van der Waals surface area contributed by atoms with Crippen LogP contribution in [0.1, 0.15) is 50.4 Å². The number of aromatic nitrogens is 1. The summed E-state index contributed by atoms with van der Waals surface area (Å²) in [4.78, 5) is 7.07. The van der Waals surface area contributed by atoms with Gasteiger partial charge in [0.25, 0.3) is 0 Å². The maximum Gasteiger partial charge on any atom is 0.147 e. The van der Waals surface area contributed by atoms with Crippen molar-refractivity contribution in [3.63, 3.8) is 0 Å². The Labute approximate surface area is 127 Å². The van der Waals surface area contributed by atoms with Crippen molar-refractivity contribution < 1.29 is 0 Å². The molecule has 1 aliphatic carbocycles. The molecule has 0 fully saturated rings. The largest absolute Gasteiger partial charge is 0.351 e. The van der Waals surface area contributed by atoms with Crippen LogP contribution in [0.2, 0.25) is 0 Å². The van der Waals surface area contributed by atoms with Crippen LogP contribution in [-0.4, -0.2) is 18.1 Å². The predicted octanol–water partition coefficient (Wildman–Crippen LogP) is 3.62. The fourth-order valence-corrected chi connectivity index (χ4v) is 3.33. The molecule has 2 heterocycles. The van der Waals surface area contributed by atoms with Gasteiger partial charge in [-0.25, -0.2) is 4.98 Å². The lowest BCUT2D eigenvalue weighted by Crippen LogP contribution is -2.32. The van der Waals surface area contributed by atoms with E-state index in [4.69, 9.17) is 4.98 Å². The van der Waals surface area contributed by atoms with Crippen LogP contribution in [0.25, 0.3) is 0 Å². The molecule has 1 aliphatic heterocycles. The predicted molar refractivity (Wildman–Crippen MR) is 85.3 cm³/mol. The Morgan fingerprint density at radius 2 is 2.05 bits per heavy atom. The van der Waals surface area contributed by atoms with Crippen LogP contribution in [0.15, 0.2) is 17.7 Å². The quantitative estimate of drug-likeness (QED) is 0.738. The van der Waals surface area contributed by atoms with E-state index in [0.717, 1.165) is 43.7 Å². The second-order valence-electron chi connectivity index (χ2n) is 7.11. The highest BCUT2D eigenvalue weighted by Crippen LogP contribution is 2.33. The van der Waals surface area contributed by atoms with Crippen molar-refractivity contribution in [1.82, 2.24) is 4.98 Å². The summed E-state index contributed by atoms with van der Waals surface area (Å²) < 4.78 is 0. The highest BCUT2D eigenvalue weighted by molar-refractivity contribution is 5.57. The number of aryl methyl sites for hydroxylation is 2. The van der Waals surface area contributed by atoms with Crippen molar-refractivity contribution in [2.24, 2.45) is 5.41 Å². The Balaban J connectivity index is 1.89. The minimum Gasteiger partial charge on any atom is -0.351 e. The average Bonchev–Trinajstić information content (AvgIpc) is 2.92. The molecule has 3 heteroatoms. The minimum atomic E-state index is 0.246. The Bertz CT molecular complexity index is 629. The third-order valence-electron chi connectivity index (χ3n) is 4.62. The molecule has 0 spiro atoms. The molecule has 0 aromatic carbocycles. The van der Waals surface area contributed by atoms with Gasteiger partial charge in [0.1, 0.15) is 11.9 Å². The standard InChI is InChI=1S/C18H23N3/c1-18(2,3)15-7-9-21(10-8-15)17-14(12-19)11-13-5-4-6-16(13)20-17/h7,11H,4-6,8-10H2,1-3H3. The van der Waals surface area contributed by atoms with E-state index in [-0.39, 0.29) is 5.41 Å². The van der Waals surface area contributed by atoms with E-state index < -0.39 is 0 Å². The highest BCUT2D eigenvalue weighted by atomic mass is 15.2. The van der Waals surface area contributed by atoms with E-state index in [1.807, 2.05) is 0 Å². The average molecular weight is 281 g/mol. The van der Waals surface area contributed by atoms with Gasteiger partial charge < -0.3 is 4.90 Å². The van der Waals surface area contributed by atoms with Crippen molar-refractivity contribution in [1.29, 1.82) is 5.26 Å². The Morgan fingerprint density at radius 3 is 2.67 bits per heavy atom. The zero-order valence-corrected chi connectivity index (χ0v) is 13.2. The van der Waals surface area contributed by atoms with Gasteiger partial charge in [0.15, 0.2) is 0 Å². The van der Waals surface area contributed by atoms with E-state index in [1.54, 1.807) is 0 Å². The minimum absolute atomic E-state index is 0.246. The summed E-state index contributed by atoms with van der Waals surface area (Å²) in [6, 6.07) is 4.40. The van der Waals surface area contributed by atoms with Crippen molar-refractivity contribution in [3.05, 3.63) is 34.5 Å². The lowest BCUT2D eigenvalue weighted by molar-refractivity contribution is 0.472. The summed E-state index contributed by atoms with van der Waals surface area (Å²) in [5, 5.41) is 9.43.